The zero-order valence-electron chi connectivity index (χ0n) is 16.4. The number of amides is 1. The smallest absolute Gasteiger partial charge is 0.399 e. The van der Waals surface area contributed by atoms with Crippen molar-refractivity contribution in [1.29, 1.82) is 0 Å². The van der Waals surface area contributed by atoms with Gasteiger partial charge in [-0.15, -0.1) is 0 Å². The third-order valence-electron chi connectivity index (χ3n) is 5.41. The molecular formula is C21H25BClNO3. The first-order valence-corrected chi connectivity index (χ1v) is 9.46. The molecule has 1 fully saturated rings. The predicted molar refractivity (Wildman–Crippen MR) is 110 cm³/mol. The van der Waals surface area contributed by atoms with E-state index in [-0.39, 0.29) is 24.2 Å². The van der Waals surface area contributed by atoms with E-state index in [0.29, 0.717) is 17.1 Å². The zero-order chi connectivity index (χ0) is 19.8. The number of hydrogen-bond donors (Lipinski definition) is 1. The maximum Gasteiger partial charge on any atom is 0.494 e. The summed E-state index contributed by atoms with van der Waals surface area (Å²) < 4.78 is 12.1. The van der Waals surface area contributed by atoms with Crippen LogP contribution >= 0.6 is 11.6 Å². The summed E-state index contributed by atoms with van der Waals surface area (Å²) in [6.45, 7) is 10.4. The monoisotopic (exact) mass is 385 g/mol. The number of nitrogens with one attached hydrogen (secondary N) is 1. The molecular weight excluding hydrogens is 361 g/mol. The Hall–Kier alpha value is -1.82. The molecule has 2 aromatic rings. The zero-order valence-corrected chi connectivity index (χ0v) is 17.2. The Labute approximate surface area is 166 Å². The molecule has 0 saturated carbocycles. The number of carbonyl (C=O) groups excluding carboxylic acids is 1. The normalized spacial score (nSPS) is 17.8. The van der Waals surface area contributed by atoms with Gasteiger partial charge in [-0.1, -0.05) is 48.0 Å². The van der Waals surface area contributed by atoms with Crippen LogP contribution in [0.1, 0.15) is 49.2 Å². The van der Waals surface area contributed by atoms with Gasteiger partial charge in [0.15, 0.2) is 0 Å². The van der Waals surface area contributed by atoms with Gasteiger partial charge >= 0.3 is 7.12 Å². The lowest BCUT2D eigenvalue weighted by Crippen LogP contribution is -2.41. The van der Waals surface area contributed by atoms with E-state index < -0.39 is 0 Å². The van der Waals surface area contributed by atoms with Crippen LogP contribution in [-0.4, -0.2) is 24.2 Å². The molecule has 6 heteroatoms. The topological polar surface area (TPSA) is 47.6 Å². The first-order valence-electron chi connectivity index (χ1n) is 9.08. The average molecular weight is 386 g/mol. The first kappa shape index (κ1) is 19.9. The Morgan fingerprint density at radius 1 is 1.04 bits per heavy atom. The minimum absolute atomic E-state index is 0.173. The maximum absolute atomic E-state index is 12.4. The van der Waals surface area contributed by atoms with Crippen LogP contribution in [0.2, 0.25) is 5.02 Å². The summed E-state index contributed by atoms with van der Waals surface area (Å²) in [5.41, 5.74) is 2.61. The van der Waals surface area contributed by atoms with Gasteiger partial charge in [0.2, 0.25) is 0 Å². The minimum atomic E-state index is -0.385. The van der Waals surface area contributed by atoms with Crippen molar-refractivity contribution in [3.63, 3.8) is 0 Å². The molecule has 0 aromatic heterocycles. The lowest BCUT2D eigenvalue weighted by molar-refractivity contribution is 0.00578. The van der Waals surface area contributed by atoms with Crippen LogP contribution in [0, 0.1) is 6.92 Å². The summed E-state index contributed by atoms with van der Waals surface area (Å²) in [5.74, 6) is -0.173. The summed E-state index contributed by atoms with van der Waals surface area (Å²) in [7, 11) is -0.385. The Morgan fingerprint density at radius 2 is 1.63 bits per heavy atom. The van der Waals surface area contributed by atoms with Crippen LogP contribution in [0.5, 0.6) is 0 Å². The third kappa shape index (κ3) is 4.05. The third-order valence-corrected chi connectivity index (χ3v) is 5.72. The Balaban J connectivity index is 1.64. The van der Waals surface area contributed by atoms with Crippen LogP contribution < -0.4 is 10.8 Å². The average Bonchev–Trinajstić information content (AvgIpc) is 2.81. The molecule has 0 unspecified atom stereocenters. The molecule has 27 heavy (non-hydrogen) atoms. The number of hydrogen-bond acceptors (Lipinski definition) is 3. The van der Waals surface area contributed by atoms with Crippen molar-refractivity contribution in [2.45, 2.75) is 52.4 Å². The maximum atomic E-state index is 12.4. The second-order valence-corrected chi connectivity index (χ2v) is 8.35. The molecule has 1 aliphatic rings. The molecule has 0 aliphatic carbocycles. The Morgan fingerprint density at radius 3 is 2.19 bits per heavy atom. The molecule has 1 saturated heterocycles. The molecule has 0 radical (unpaired) electrons. The van der Waals surface area contributed by atoms with E-state index in [0.717, 1.165) is 16.6 Å². The van der Waals surface area contributed by atoms with Gasteiger partial charge in [-0.05, 0) is 57.3 Å². The van der Waals surface area contributed by atoms with Gasteiger partial charge in [-0.3, -0.25) is 4.79 Å². The summed E-state index contributed by atoms with van der Waals surface area (Å²) in [6.07, 6.45) is 0. The van der Waals surface area contributed by atoms with Crippen molar-refractivity contribution in [3.05, 3.63) is 64.2 Å². The highest BCUT2D eigenvalue weighted by atomic mass is 35.5. The van der Waals surface area contributed by atoms with E-state index in [1.165, 1.54) is 0 Å². The number of rotatable bonds is 4. The molecule has 4 nitrogen and oxygen atoms in total. The fraction of sp³-hybridized carbons (Fsp3) is 0.381. The molecule has 0 spiro atoms. The molecule has 0 bridgehead atoms. The lowest BCUT2D eigenvalue weighted by atomic mass is 9.79. The van der Waals surface area contributed by atoms with Crippen LogP contribution in [0.3, 0.4) is 0 Å². The van der Waals surface area contributed by atoms with Crippen molar-refractivity contribution in [3.8, 4) is 0 Å². The molecule has 1 aliphatic heterocycles. The van der Waals surface area contributed by atoms with Crippen LogP contribution in [0.4, 0.5) is 0 Å². The van der Waals surface area contributed by atoms with E-state index in [4.69, 9.17) is 20.9 Å². The van der Waals surface area contributed by atoms with E-state index in [1.807, 2.05) is 71.0 Å². The molecule has 142 valence electrons. The number of benzene rings is 2. The molecule has 3 rings (SSSR count). The minimum Gasteiger partial charge on any atom is -0.399 e. The first-order chi connectivity index (χ1) is 12.6. The highest BCUT2D eigenvalue weighted by Crippen LogP contribution is 2.36. The largest absolute Gasteiger partial charge is 0.494 e. The SMILES string of the molecule is Cc1cccc(Cl)c1C(=O)NCc1ccc(B2OC(C)(C)C(C)(C)O2)cc1. The molecule has 2 aromatic carbocycles. The van der Waals surface area contributed by atoms with Gasteiger partial charge in [0.1, 0.15) is 0 Å². The second-order valence-electron chi connectivity index (χ2n) is 7.94. The number of carbonyl (C=O) groups is 1. The van der Waals surface area contributed by atoms with E-state index in [9.17, 15) is 4.79 Å². The van der Waals surface area contributed by atoms with Gasteiger partial charge in [-0.2, -0.15) is 0 Å². The van der Waals surface area contributed by atoms with Crippen molar-refractivity contribution in [2.24, 2.45) is 0 Å². The standard InChI is InChI=1S/C21H25BClNO3/c1-14-7-6-8-17(23)18(14)19(25)24-13-15-9-11-16(12-10-15)22-26-20(2,3)21(4,5)27-22/h6-12H,13H2,1-5H3,(H,24,25). The van der Waals surface area contributed by atoms with Crippen LogP contribution in [0.25, 0.3) is 0 Å². The van der Waals surface area contributed by atoms with Crippen molar-refractivity contribution < 1.29 is 14.1 Å². The summed E-state index contributed by atoms with van der Waals surface area (Å²) >= 11 is 6.16. The quantitative estimate of drug-likeness (QED) is 0.813. The number of halogens is 1. The van der Waals surface area contributed by atoms with E-state index >= 15 is 0 Å². The summed E-state index contributed by atoms with van der Waals surface area (Å²) in [4.78, 5) is 12.4. The molecule has 1 amide bonds. The van der Waals surface area contributed by atoms with Gasteiger partial charge in [0.05, 0.1) is 21.8 Å². The van der Waals surface area contributed by atoms with Crippen LogP contribution in [-0.2, 0) is 15.9 Å². The van der Waals surface area contributed by atoms with Gasteiger partial charge < -0.3 is 14.6 Å². The van der Waals surface area contributed by atoms with Gasteiger partial charge in [-0.25, -0.2) is 0 Å². The molecule has 1 N–H and O–H groups in total. The summed E-state index contributed by atoms with van der Waals surface area (Å²) in [5, 5.41) is 3.39. The second kappa shape index (κ2) is 7.31. The summed E-state index contributed by atoms with van der Waals surface area (Å²) in [6, 6.07) is 13.3. The Kier molecular flexibility index (Phi) is 5.39. The predicted octanol–water partition coefficient (Wildman–Crippen LogP) is 3.88. The highest BCUT2D eigenvalue weighted by Gasteiger charge is 2.51. The van der Waals surface area contributed by atoms with Crippen molar-refractivity contribution in [1.82, 2.24) is 5.32 Å². The Bertz CT molecular complexity index is 813. The fourth-order valence-corrected chi connectivity index (χ4v) is 3.27. The molecule has 1 heterocycles. The fourth-order valence-electron chi connectivity index (χ4n) is 2.96. The molecule has 0 atom stereocenters. The highest BCUT2D eigenvalue weighted by molar-refractivity contribution is 6.62. The van der Waals surface area contributed by atoms with Crippen molar-refractivity contribution in [2.75, 3.05) is 0 Å². The lowest BCUT2D eigenvalue weighted by Gasteiger charge is -2.32. The van der Waals surface area contributed by atoms with Crippen molar-refractivity contribution >= 4 is 30.1 Å². The van der Waals surface area contributed by atoms with Gasteiger partial charge in [0.25, 0.3) is 5.91 Å². The van der Waals surface area contributed by atoms with E-state index in [2.05, 4.69) is 5.32 Å². The van der Waals surface area contributed by atoms with Gasteiger partial charge in [0, 0.05) is 6.54 Å². The van der Waals surface area contributed by atoms with E-state index in [1.54, 1.807) is 6.07 Å². The number of aryl methyl sites for hydroxylation is 1. The van der Waals surface area contributed by atoms with Crippen LogP contribution in [0.15, 0.2) is 42.5 Å².